The number of benzene rings is 1. The molecule has 1 aromatic carbocycles. The van der Waals surface area contributed by atoms with Crippen LogP contribution in [0.5, 0.6) is 0 Å². The fourth-order valence-corrected chi connectivity index (χ4v) is 4.88. The van der Waals surface area contributed by atoms with Gasteiger partial charge in [-0.15, -0.1) is 21.8 Å². The van der Waals surface area contributed by atoms with Crippen LogP contribution in [0.25, 0.3) is 5.69 Å². The maximum atomic E-state index is 12.9. The minimum Gasteiger partial charge on any atom is -0.444 e. The molecular formula is C24H33ClN4O3. The van der Waals surface area contributed by atoms with E-state index in [9.17, 15) is 4.79 Å². The first-order valence-electron chi connectivity index (χ1n) is 11.4. The highest BCUT2D eigenvalue weighted by atomic mass is 35.5. The van der Waals surface area contributed by atoms with Gasteiger partial charge in [0.25, 0.3) is 0 Å². The predicted molar refractivity (Wildman–Crippen MR) is 123 cm³/mol. The second-order valence-corrected chi connectivity index (χ2v) is 10.9. The topological polar surface area (TPSA) is 69.5 Å². The number of halogens is 1. The van der Waals surface area contributed by atoms with E-state index in [1.54, 1.807) is 11.2 Å². The van der Waals surface area contributed by atoms with Gasteiger partial charge in [0.05, 0.1) is 35.9 Å². The number of ether oxygens (including phenoxy) is 2. The molecule has 0 bridgehead atoms. The highest BCUT2D eigenvalue weighted by Gasteiger charge is 2.37. The van der Waals surface area contributed by atoms with Gasteiger partial charge in [-0.2, -0.15) is 0 Å². The number of carbonyl (C=O) groups is 1. The lowest BCUT2D eigenvalue weighted by molar-refractivity contribution is -0.0174. The van der Waals surface area contributed by atoms with Crippen LogP contribution in [-0.2, 0) is 27.4 Å². The molecule has 8 heteroatoms. The van der Waals surface area contributed by atoms with Crippen molar-refractivity contribution >= 4 is 17.7 Å². The maximum absolute atomic E-state index is 12.9. The Bertz CT molecular complexity index is 974. The smallest absolute Gasteiger partial charge is 0.411 e. The monoisotopic (exact) mass is 460 g/mol. The van der Waals surface area contributed by atoms with Crippen LogP contribution < -0.4 is 0 Å². The first kappa shape index (κ1) is 23.1. The SMILES string of the molecule is CC(C)OC1CCC(Cl)(c2ccc3c(c2)CN(C(=O)OC(C)(C)C)Cc2nncn2-3)CC1. The first-order chi connectivity index (χ1) is 15.0. The van der Waals surface area contributed by atoms with Crippen molar-refractivity contribution in [2.75, 3.05) is 0 Å². The normalized spacial score (nSPS) is 23.5. The number of carbonyl (C=O) groups excluding carboxylic acids is 1. The average Bonchev–Trinajstić information content (AvgIpc) is 3.09. The largest absolute Gasteiger partial charge is 0.444 e. The highest BCUT2D eigenvalue weighted by molar-refractivity contribution is 6.24. The molecule has 2 aromatic rings. The van der Waals surface area contributed by atoms with Gasteiger partial charge in [0, 0.05) is 0 Å². The van der Waals surface area contributed by atoms with E-state index in [1.165, 1.54) is 0 Å². The van der Waals surface area contributed by atoms with Crippen molar-refractivity contribution in [3.8, 4) is 5.69 Å². The molecule has 2 heterocycles. The molecule has 4 rings (SSSR count). The third-order valence-corrected chi connectivity index (χ3v) is 6.61. The molecule has 0 radical (unpaired) electrons. The Kier molecular flexibility index (Phi) is 6.25. The minimum atomic E-state index is -0.571. The second kappa shape index (κ2) is 8.67. The van der Waals surface area contributed by atoms with Crippen LogP contribution in [-0.4, -0.2) is 43.6 Å². The van der Waals surface area contributed by atoms with Gasteiger partial charge in [-0.05, 0) is 77.5 Å². The van der Waals surface area contributed by atoms with Crippen molar-refractivity contribution in [3.63, 3.8) is 0 Å². The van der Waals surface area contributed by atoms with Crippen LogP contribution in [0.3, 0.4) is 0 Å². The minimum absolute atomic E-state index is 0.229. The molecule has 0 atom stereocenters. The molecule has 1 amide bonds. The number of aromatic nitrogens is 3. The number of alkyl halides is 1. The number of amides is 1. The van der Waals surface area contributed by atoms with E-state index < -0.39 is 10.5 Å². The third kappa shape index (κ3) is 4.94. The van der Waals surface area contributed by atoms with Crippen LogP contribution in [0.15, 0.2) is 24.5 Å². The van der Waals surface area contributed by atoms with E-state index in [0.29, 0.717) is 18.9 Å². The summed E-state index contributed by atoms with van der Waals surface area (Å²) in [7, 11) is 0. The van der Waals surface area contributed by atoms with Gasteiger partial charge in [-0.1, -0.05) is 12.1 Å². The Morgan fingerprint density at radius 1 is 1.22 bits per heavy atom. The summed E-state index contributed by atoms with van der Waals surface area (Å²) in [5.41, 5.74) is 2.49. The van der Waals surface area contributed by atoms with E-state index in [0.717, 1.165) is 42.5 Å². The molecule has 1 aliphatic carbocycles. The number of hydrogen-bond donors (Lipinski definition) is 0. The quantitative estimate of drug-likeness (QED) is 0.580. The zero-order valence-electron chi connectivity index (χ0n) is 19.6. The van der Waals surface area contributed by atoms with Gasteiger partial charge in [0.2, 0.25) is 0 Å². The van der Waals surface area contributed by atoms with Gasteiger partial charge < -0.3 is 9.47 Å². The van der Waals surface area contributed by atoms with Gasteiger partial charge >= 0.3 is 6.09 Å². The van der Waals surface area contributed by atoms with Crippen LogP contribution >= 0.6 is 11.6 Å². The van der Waals surface area contributed by atoms with Gasteiger partial charge in [-0.25, -0.2) is 4.79 Å². The highest BCUT2D eigenvalue weighted by Crippen LogP contribution is 2.45. The molecule has 1 fully saturated rings. The molecular weight excluding hydrogens is 428 g/mol. The lowest BCUT2D eigenvalue weighted by Crippen LogP contribution is -2.36. The molecule has 1 aliphatic heterocycles. The Hall–Kier alpha value is -2.12. The Morgan fingerprint density at radius 2 is 1.94 bits per heavy atom. The van der Waals surface area contributed by atoms with Crippen molar-refractivity contribution in [2.24, 2.45) is 0 Å². The molecule has 1 aromatic heterocycles. The lowest BCUT2D eigenvalue weighted by Gasteiger charge is -2.36. The van der Waals surface area contributed by atoms with E-state index in [2.05, 4.69) is 42.2 Å². The summed E-state index contributed by atoms with van der Waals surface area (Å²) in [4.78, 5) is 14.1. The van der Waals surface area contributed by atoms with Gasteiger partial charge in [-0.3, -0.25) is 9.47 Å². The Labute approximate surface area is 195 Å². The van der Waals surface area contributed by atoms with Gasteiger partial charge in [0.15, 0.2) is 5.82 Å². The summed E-state index contributed by atoms with van der Waals surface area (Å²) in [5.74, 6) is 0.703. The van der Waals surface area contributed by atoms with Crippen molar-refractivity contribution < 1.29 is 14.3 Å². The molecule has 174 valence electrons. The molecule has 0 N–H and O–H groups in total. The summed E-state index contributed by atoms with van der Waals surface area (Å²) >= 11 is 7.16. The zero-order chi connectivity index (χ0) is 23.1. The van der Waals surface area contributed by atoms with E-state index in [-0.39, 0.29) is 18.3 Å². The second-order valence-electron chi connectivity index (χ2n) is 10.1. The van der Waals surface area contributed by atoms with E-state index in [4.69, 9.17) is 21.1 Å². The summed E-state index contributed by atoms with van der Waals surface area (Å²) in [5, 5.41) is 8.29. The molecule has 0 unspecified atom stereocenters. The van der Waals surface area contributed by atoms with Crippen LogP contribution in [0, 0.1) is 0 Å². The molecule has 32 heavy (non-hydrogen) atoms. The van der Waals surface area contributed by atoms with Crippen molar-refractivity contribution in [3.05, 3.63) is 41.5 Å². The van der Waals surface area contributed by atoms with Crippen LogP contribution in [0.1, 0.15) is 77.3 Å². The standard InChI is InChI=1S/C24H33ClN4O3/c1-16(2)31-19-8-10-24(25,11-9-19)18-6-7-20-17(12-18)13-28(22(30)32-23(3,4)5)14-21-27-26-15-29(20)21/h6-7,12,15-16,19H,8-11,13-14H2,1-5H3. The molecule has 0 saturated heterocycles. The maximum Gasteiger partial charge on any atom is 0.411 e. The predicted octanol–water partition coefficient (Wildman–Crippen LogP) is 5.32. The number of fused-ring (bicyclic) bond motifs is 3. The molecule has 0 spiro atoms. The lowest BCUT2D eigenvalue weighted by atomic mass is 9.81. The van der Waals surface area contributed by atoms with Crippen LogP contribution in [0.4, 0.5) is 4.79 Å². The van der Waals surface area contributed by atoms with Gasteiger partial charge in [0.1, 0.15) is 11.9 Å². The third-order valence-electron chi connectivity index (χ3n) is 6.01. The number of rotatable bonds is 3. The Morgan fingerprint density at radius 3 is 2.59 bits per heavy atom. The summed E-state index contributed by atoms with van der Waals surface area (Å²) in [6.45, 7) is 10.5. The number of hydrogen-bond acceptors (Lipinski definition) is 5. The molecule has 7 nitrogen and oxygen atoms in total. The average molecular weight is 461 g/mol. The number of nitrogens with zero attached hydrogens (tertiary/aromatic N) is 4. The van der Waals surface area contributed by atoms with E-state index >= 15 is 0 Å². The molecule has 2 aliphatic rings. The fourth-order valence-electron chi connectivity index (χ4n) is 4.54. The summed E-state index contributed by atoms with van der Waals surface area (Å²) < 4.78 is 13.6. The Balaban J connectivity index is 1.62. The molecule has 1 saturated carbocycles. The van der Waals surface area contributed by atoms with Crippen molar-refractivity contribution in [1.29, 1.82) is 0 Å². The van der Waals surface area contributed by atoms with Crippen LogP contribution in [0.2, 0.25) is 0 Å². The van der Waals surface area contributed by atoms with E-state index in [1.807, 2.05) is 25.3 Å². The summed E-state index contributed by atoms with van der Waals surface area (Å²) in [6, 6.07) is 6.30. The summed E-state index contributed by atoms with van der Waals surface area (Å²) in [6.07, 6.45) is 5.43. The first-order valence-corrected chi connectivity index (χ1v) is 11.8. The van der Waals surface area contributed by atoms with Crippen molar-refractivity contribution in [1.82, 2.24) is 19.7 Å². The fraction of sp³-hybridized carbons (Fsp3) is 0.625. The zero-order valence-corrected chi connectivity index (χ0v) is 20.4. The van der Waals surface area contributed by atoms with Crippen molar-refractivity contribution in [2.45, 2.75) is 96.1 Å².